The number of thioether (sulfide) groups is 1. The van der Waals surface area contributed by atoms with E-state index >= 15 is 0 Å². The van der Waals surface area contributed by atoms with Crippen LogP contribution in [0.25, 0.3) is 0 Å². The number of carbonyl (C=O) groups excluding carboxylic acids is 1. The Morgan fingerprint density at radius 1 is 1.22 bits per heavy atom. The maximum absolute atomic E-state index is 11.9. The molecular weight excluding hydrogens is 310 g/mol. The zero-order chi connectivity index (χ0) is 16.8. The number of benzene rings is 1. The Balaban J connectivity index is 1.89. The molecule has 1 amide bonds. The van der Waals surface area contributed by atoms with Gasteiger partial charge in [0.25, 0.3) is 5.91 Å². The molecule has 3 N–H and O–H groups in total. The molecule has 23 heavy (non-hydrogen) atoms. The monoisotopic (exact) mass is 329 g/mol. The van der Waals surface area contributed by atoms with Crippen LogP contribution < -0.4 is 11.2 Å². The molecule has 2 rings (SSSR count). The third kappa shape index (κ3) is 5.37. The molecule has 120 valence electrons. The zero-order valence-corrected chi connectivity index (χ0v) is 14.1. The Morgan fingerprint density at radius 3 is 2.43 bits per heavy atom. The van der Waals surface area contributed by atoms with E-state index in [9.17, 15) is 4.79 Å². The molecule has 0 spiro atoms. The van der Waals surface area contributed by atoms with Crippen molar-refractivity contribution in [3.8, 4) is 0 Å². The molecule has 0 bridgehead atoms. The molecule has 7 heteroatoms. The minimum absolute atomic E-state index is 0.201. The Kier molecular flexibility index (Phi) is 5.70. The molecule has 0 unspecified atom stereocenters. The minimum Gasteiger partial charge on any atom is -0.399 e. The van der Waals surface area contributed by atoms with Crippen molar-refractivity contribution in [2.45, 2.75) is 25.9 Å². The van der Waals surface area contributed by atoms with Crippen molar-refractivity contribution in [1.29, 1.82) is 0 Å². The lowest BCUT2D eigenvalue weighted by Gasteiger charge is -2.04. The molecule has 6 nitrogen and oxygen atoms in total. The molecule has 2 aromatic rings. The number of hydrogen-bond acceptors (Lipinski definition) is 6. The van der Waals surface area contributed by atoms with Gasteiger partial charge in [-0.2, -0.15) is 5.10 Å². The Bertz CT molecular complexity index is 708. The number of nitrogens with zero attached hydrogens (tertiary/aromatic N) is 3. The number of amides is 1. The number of carbonyl (C=O) groups is 1. The molecule has 0 aliphatic carbocycles. The molecule has 0 radical (unpaired) electrons. The van der Waals surface area contributed by atoms with Gasteiger partial charge in [0.1, 0.15) is 0 Å². The van der Waals surface area contributed by atoms with E-state index in [4.69, 9.17) is 5.73 Å². The van der Waals surface area contributed by atoms with Gasteiger partial charge < -0.3 is 5.73 Å². The van der Waals surface area contributed by atoms with Gasteiger partial charge in [-0.25, -0.2) is 15.4 Å². The summed E-state index contributed by atoms with van der Waals surface area (Å²) in [7, 11) is 0. The summed E-state index contributed by atoms with van der Waals surface area (Å²) in [5.41, 5.74) is 12.3. The summed E-state index contributed by atoms with van der Waals surface area (Å²) in [5, 5.41) is 4.69. The normalized spacial score (nSPS) is 11.3. The molecule has 1 aromatic carbocycles. The standard InChI is InChI=1S/C16H19N5OS/c1-10-8-11(2)19-16(18-10)23-9-15(22)21-20-12(3)13-4-6-14(17)7-5-13/h4-8H,9,17H2,1-3H3,(H,21,22). The first kappa shape index (κ1) is 17.0. The highest BCUT2D eigenvalue weighted by Gasteiger charge is 2.06. The van der Waals surface area contributed by atoms with Crippen molar-refractivity contribution < 1.29 is 4.79 Å². The first-order valence-electron chi connectivity index (χ1n) is 7.08. The topological polar surface area (TPSA) is 93.3 Å². The van der Waals surface area contributed by atoms with Gasteiger partial charge in [0.2, 0.25) is 0 Å². The van der Waals surface area contributed by atoms with Crippen LogP contribution >= 0.6 is 11.8 Å². The lowest BCUT2D eigenvalue weighted by molar-refractivity contribution is -0.118. The molecule has 1 heterocycles. The zero-order valence-electron chi connectivity index (χ0n) is 13.3. The van der Waals surface area contributed by atoms with E-state index in [1.165, 1.54) is 11.8 Å². The van der Waals surface area contributed by atoms with Crippen LogP contribution in [0, 0.1) is 13.8 Å². The van der Waals surface area contributed by atoms with Crippen molar-refractivity contribution in [2.75, 3.05) is 11.5 Å². The molecule has 0 aliphatic heterocycles. The summed E-state index contributed by atoms with van der Waals surface area (Å²) >= 11 is 1.29. The maximum Gasteiger partial charge on any atom is 0.250 e. The smallest absolute Gasteiger partial charge is 0.250 e. The summed E-state index contributed by atoms with van der Waals surface area (Å²) in [6.07, 6.45) is 0. The Morgan fingerprint density at radius 2 is 1.83 bits per heavy atom. The number of nitrogens with one attached hydrogen (secondary N) is 1. The van der Waals surface area contributed by atoms with E-state index in [2.05, 4.69) is 20.5 Å². The first-order valence-corrected chi connectivity index (χ1v) is 8.07. The molecule has 0 saturated carbocycles. The number of aromatic nitrogens is 2. The molecule has 1 aromatic heterocycles. The summed E-state index contributed by atoms with van der Waals surface area (Å²) in [6, 6.07) is 9.20. The number of hydrazone groups is 1. The molecule has 0 saturated heterocycles. The van der Waals surface area contributed by atoms with Crippen LogP contribution in [0.1, 0.15) is 23.9 Å². The number of anilines is 1. The molecule has 0 atom stereocenters. The molecule has 0 fully saturated rings. The second-order valence-corrected chi connectivity index (χ2v) is 6.02. The van der Waals surface area contributed by atoms with Crippen LogP contribution in [0.2, 0.25) is 0 Å². The SMILES string of the molecule is CC(=NNC(=O)CSc1nc(C)cc(C)n1)c1ccc(N)cc1. The maximum atomic E-state index is 11.9. The quantitative estimate of drug-likeness (QED) is 0.289. The van der Waals surface area contributed by atoms with Gasteiger partial charge in [-0.15, -0.1) is 0 Å². The highest BCUT2D eigenvalue weighted by molar-refractivity contribution is 7.99. The molecule has 0 aliphatic rings. The average molecular weight is 329 g/mol. The lowest BCUT2D eigenvalue weighted by Crippen LogP contribution is -2.21. The fraction of sp³-hybridized carbons (Fsp3) is 0.250. The fourth-order valence-corrected chi connectivity index (χ4v) is 2.60. The van der Waals surface area contributed by atoms with Gasteiger partial charge in [0.15, 0.2) is 5.16 Å². The number of hydrogen-bond donors (Lipinski definition) is 2. The minimum atomic E-state index is -0.201. The van der Waals surface area contributed by atoms with Gasteiger partial charge in [-0.05, 0) is 44.5 Å². The summed E-state index contributed by atoms with van der Waals surface area (Å²) in [4.78, 5) is 20.4. The number of aryl methyl sites for hydroxylation is 2. The van der Waals surface area contributed by atoms with Crippen molar-refractivity contribution >= 4 is 29.1 Å². The lowest BCUT2D eigenvalue weighted by atomic mass is 10.1. The summed E-state index contributed by atoms with van der Waals surface area (Å²) < 4.78 is 0. The van der Waals surface area contributed by atoms with Crippen molar-refractivity contribution in [1.82, 2.24) is 15.4 Å². The summed E-state index contributed by atoms with van der Waals surface area (Å²) in [6.45, 7) is 5.63. The van der Waals surface area contributed by atoms with Gasteiger partial charge in [0, 0.05) is 17.1 Å². The highest BCUT2D eigenvalue weighted by Crippen LogP contribution is 2.13. The number of nitrogens with two attached hydrogens (primary N) is 1. The van der Waals surface area contributed by atoms with E-state index in [-0.39, 0.29) is 11.7 Å². The van der Waals surface area contributed by atoms with Crippen LogP contribution in [-0.2, 0) is 4.79 Å². The first-order chi connectivity index (χ1) is 10.9. The Labute approximate surface area is 139 Å². The van der Waals surface area contributed by atoms with Crippen molar-refractivity contribution in [3.05, 3.63) is 47.3 Å². The van der Waals surface area contributed by atoms with Crippen LogP contribution in [-0.4, -0.2) is 27.3 Å². The fourth-order valence-electron chi connectivity index (χ4n) is 1.86. The third-order valence-electron chi connectivity index (χ3n) is 2.97. The summed E-state index contributed by atoms with van der Waals surface area (Å²) in [5.74, 6) is 0.00839. The van der Waals surface area contributed by atoms with Crippen molar-refractivity contribution in [3.63, 3.8) is 0 Å². The van der Waals surface area contributed by atoms with E-state index in [0.29, 0.717) is 16.6 Å². The molecular formula is C16H19N5OS. The average Bonchev–Trinajstić information content (AvgIpc) is 2.50. The van der Waals surface area contributed by atoms with Gasteiger partial charge in [-0.1, -0.05) is 23.9 Å². The van der Waals surface area contributed by atoms with Crippen LogP contribution in [0.15, 0.2) is 40.6 Å². The second-order valence-electron chi connectivity index (χ2n) is 5.08. The highest BCUT2D eigenvalue weighted by atomic mass is 32.2. The predicted molar refractivity (Wildman–Crippen MR) is 93.4 cm³/mol. The van der Waals surface area contributed by atoms with Crippen LogP contribution in [0.3, 0.4) is 0 Å². The van der Waals surface area contributed by atoms with E-state index in [1.54, 1.807) is 12.1 Å². The number of nitrogen functional groups attached to an aromatic ring is 1. The largest absolute Gasteiger partial charge is 0.399 e. The van der Waals surface area contributed by atoms with E-state index in [0.717, 1.165) is 17.0 Å². The predicted octanol–water partition coefficient (Wildman–Crippen LogP) is 2.31. The second kappa shape index (κ2) is 7.73. The number of rotatable bonds is 5. The third-order valence-corrected chi connectivity index (χ3v) is 3.82. The van der Waals surface area contributed by atoms with Crippen LogP contribution in [0.5, 0.6) is 0 Å². The van der Waals surface area contributed by atoms with Gasteiger partial charge in [0.05, 0.1) is 11.5 Å². The van der Waals surface area contributed by atoms with Gasteiger partial charge in [-0.3, -0.25) is 4.79 Å². The van der Waals surface area contributed by atoms with E-state index < -0.39 is 0 Å². The Hall–Kier alpha value is -2.41. The van der Waals surface area contributed by atoms with Crippen LogP contribution in [0.4, 0.5) is 5.69 Å². The van der Waals surface area contributed by atoms with Gasteiger partial charge >= 0.3 is 0 Å². The van der Waals surface area contributed by atoms with E-state index in [1.807, 2.05) is 39.0 Å². The van der Waals surface area contributed by atoms with Crippen molar-refractivity contribution in [2.24, 2.45) is 5.10 Å².